The van der Waals surface area contributed by atoms with Crippen LogP contribution in [-0.4, -0.2) is 17.0 Å². The van der Waals surface area contributed by atoms with Gasteiger partial charge in [-0.2, -0.15) is 0 Å². The summed E-state index contributed by atoms with van der Waals surface area (Å²) in [5.41, 5.74) is 0.115. The van der Waals surface area contributed by atoms with Gasteiger partial charge in [-0.3, -0.25) is 9.59 Å². The van der Waals surface area contributed by atoms with Gasteiger partial charge in [0.1, 0.15) is 5.82 Å². The predicted molar refractivity (Wildman–Crippen MR) is 70.5 cm³/mol. The van der Waals surface area contributed by atoms with Gasteiger partial charge in [-0.05, 0) is 43.2 Å². The van der Waals surface area contributed by atoms with Crippen LogP contribution in [0.25, 0.3) is 0 Å². The van der Waals surface area contributed by atoms with Crippen molar-refractivity contribution in [2.45, 2.75) is 19.3 Å². The van der Waals surface area contributed by atoms with E-state index >= 15 is 0 Å². The highest BCUT2D eigenvalue weighted by atomic mass is 19.1. The maximum Gasteiger partial charge on any atom is 0.307 e. The molecule has 106 valence electrons. The Kier molecular flexibility index (Phi) is 3.20. The molecule has 0 aromatic heterocycles. The van der Waals surface area contributed by atoms with Crippen molar-refractivity contribution in [2.24, 2.45) is 23.7 Å². The molecule has 0 heterocycles. The maximum absolute atomic E-state index is 13.5. The highest BCUT2D eigenvalue weighted by molar-refractivity contribution is 5.96. The van der Waals surface area contributed by atoms with Crippen LogP contribution in [0.3, 0.4) is 0 Å². The highest BCUT2D eigenvalue weighted by Crippen LogP contribution is 2.52. The third-order valence-electron chi connectivity index (χ3n) is 4.64. The van der Waals surface area contributed by atoms with Gasteiger partial charge in [-0.25, -0.2) is 4.39 Å². The molecule has 0 saturated heterocycles. The van der Waals surface area contributed by atoms with E-state index < -0.39 is 23.6 Å². The summed E-state index contributed by atoms with van der Waals surface area (Å²) in [6, 6.07) is 5.93. The van der Waals surface area contributed by atoms with Crippen LogP contribution in [0.2, 0.25) is 0 Å². The van der Waals surface area contributed by atoms with Crippen molar-refractivity contribution in [3.8, 4) is 0 Å². The lowest BCUT2D eigenvalue weighted by atomic mass is 9.78. The lowest BCUT2D eigenvalue weighted by Crippen LogP contribution is -2.38. The van der Waals surface area contributed by atoms with Crippen LogP contribution in [0.4, 0.5) is 10.1 Å². The fourth-order valence-corrected chi connectivity index (χ4v) is 3.80. The molecule has 2 saturated carbocycles. The molecule has 3 rings (SSSR count). The van der Waals surface area contributed by atoms with Gasteiger partial charge >= 0.3 is 5.97 Å². The number of carboxylic acid groups (broad SMARTS) is 1. The quantitative estimate of drug-likeness (QED) is 0.892. The van der Waals surface area contributed by atoms with E-state index in [0.29, 0.717) is 0 Å². The normalized spacial score (nSPS) is 31.2. The molecule has 0 aliphatic heterocycles. The van der Waals surface area contributed by atoms with E-state index in [1.807, 2.05) is 0 Å². The molecule has 5 heteroatoms. The standard InChI is InChI=1S/C15H16FNO3/c16-10-3-1-2-4-11(10)17-14(18)12-8-5-6-9(7-8)13(12)15(19)20/h1-4,8-9,12-13H,5-7H2,(H,17,18)(H,19,20)/t8-,9-,12+,13-/m0/s1. The van der Waals surface area contributed by atoms with Crippen molar-refractivity contribution in [2.75, 3.05) is 5.32 Å². The Labute approximate surface area is 116 Å². The van der Waals surface area contributed by atoms with Crippen LogP contribution in [-0.2, 0) is 9.59 Å². The third kappa shape index (κ3) is 2.07. The number of nitrogens with one attached hydrogen (secondary N) is 1. The number of carbonyl (C=O) groups is 2. The molecule has 0 spiro atoms. The van der Waals surface area contributed by atoms with Crippen molar-refractivity contribution < 1.29 is 19.1 Å². The first-order valence-electron chi connectivity index (χ1n) is 6.86. The first-order valence-corrected chi connectivity index (χ1v) is 6.86. The summed E-state index contributed by atoms with van der Waals surface area (Å²) in [7, 11) is 0. The number of rotatable bonds is 3. The number of carboxylic acids is 1. The molecule has 2 aliphatic carbocycles. The SMILES string of the molecule is O=C(Nc1ccccc1F)[C@@H]1[C@H]2CC[C@@H](C2)[C@@H]1C(=O)O. The Hall–Kier alpha value is -1.91. The second-order valence-corrected chi connectivity index (χ2v) is 5.69. The molecule has 1 amide bonds. The number of benzene rings is 1. The molecule has 2 bridgehead atoms. The molecule has 4 nitrogen and oxygen atoms in total. The third-order valence-corrected chi connectivity index (χ3v) is 4.64. The predicted octanol–water partition coefficient (Wildman–Crippen LogP) is 2.51. The Morgan fingerprint density at radius 1 is 1.15 bits per heavy atom. The molecule has 4 atom stereocenters. The van der Waals surface area contributed by atoms with Crippen molar-refractivity contribution in [3.63, 3.8) is 0 Å². The Morgan fingerprint density at radius 3 is 2.45 bits per heavy atom. The fourth-order valence-electron chi connectivity index (χ4n) is 3.80. The summed E-state index contributed by atoms with van der Waals surface area (Å²) in [5, 5.41) is 11.9. The molecular formula is C15H16FNO3. The minimum absolute atomic E-state index is 0.0915. The second-order valence-electron chi connectivity index (χ2n) is 5.69. The number of anilines is 1. The summed E-state index contributed by atoms with van der Waals surface area (Å²) < 4.78 is 13.5. The summed E-state index contributed by atoms with van der Waals surface area (Å²) in [5.74, 6) is -2.73. The van der Waals surface area contributed by atoms with Crippen molar-refractivity contribution in [3.05, 3.63) is 30.1 Å². The highest BCUT2D eigenvalue weighted by Gasteiger charge is 2.54. The summed E-state index contributed by atoms with van der Waals surface area (Å²) in [6.45, 7) is 0. The van der Waals surface area contributed by atoms with E-state index in [2.05, 4.69) is 5.32 Å². The van der Waals surface area contributed by atoms with Crippen LogP contribution in [0.1, 0.15) is 19.3 Å². The van der Waals surface area contributed by atoms with E-state index in [4.69, 9.17) is 0 Å². The minimum Gasteiger partial charge on any atom is -0.481 e. The maximum atomic E-state index is 13.5. The monoisotopic (exact) mass is 277 g/mol. The van der Waals surface area contributed by atoms with E-state index in [9.17, 15) is 19.1 Å². The average Bonchev–Trinajstić information content (AvgIpc) is 3.01. The fraction of sp³-hybridized carbons (Fsp3) is 0.467. The van der Waals surface area contributed by atoms with E-state index in [-0.39, 0.29) is 23.4 Å². The Balaban J connectivity index is 1.80. The first kappa shape index (κ1) is 13.1. The first-order chi connectivity index (χ1) is 9.58. The molecule has 0 unspecified atom stereocenters. The van der Waals surface area contributed by atoms with Gasteiger partial charge in [0.2, 0.25) is 5.91 Å². The molecule has 1 aromatic carbocycles. The van der Waals surface area contributed by atoms with Gasteiger partial charge in [0, 0.05) is 0 Å². The zero-order valence-corrected chi connectivity index (χ0v) is 10.9. The molecule has 1 aromatic rings. The zero-order valence-electron chi connectivity index (χ0n) is 10.9. The summed E-state index contributed by atoms with van der Waals surface area (Å²) in [4.78, 5) is 23.7. The Bertz CT molecular complexity index is 560. The molecule has 0 radical (unpaired) electrons. The Morgan fingerprint density at radius 2 is 1.80 bits per heavy atom. The largest absolute Gasteiger partial charge is 0.481 e. The van der Waals surface area contributed by atoms with E-state index in [1.165, 1.54) is 12.1 Å². The number of hydrogen-bond donors (Lipinski definition) is 2. The summed E-state index contributed by atoms with van der Waals surface area (Å²) in [6.07, 6.45) is 2.57. The van der Waals surface area contributed by atoms with Crippen molar-refractivity contribution >= 4 is 17.6 Å². The van der Waals surface area contributed by atoms with E-state index in [0.717, 1.165) is 19.3 Å². The van der Waals surface area contributed by atoms with Gasteiger partial charge in [-0.1, -0.05) is 12.1 Å². The molecular weight excluding hydrogens is 261 g/mol. The lowest BCUT2D eigenvalue weighted by Gasteiger charge is -2.27. The second kappa shape index (κ2) is 4.89. The number of aliphatic carboxylic acids is 1. The molecule has 2 fully saturated rings. The lowest BCUT2D eigenvalue weighted by molar-refractivity contribution is -0.148. The zero-order chi connectivity index (χ0) is 14.3. The number of hydrogen-bond acceptors (Lipinski definition) is 2. The number of amides is 1. The summed E-state index contributed by atoms with van der Waals surface area (Å²) >= 11 is 0. The van der Waals surface area contributed by atoms with Gasteiger partial charge in [0.25, 0.3) is 0 Å². The average molecular weight is 277 g/mol. The van der Waals surface area contributed by atoms with E-state index in [1.54, 1.807) is 12.1 Å². The van der Waals surface area contributed by atoms with Crippen LogP contribution in [0.15, 0.2) is 24.3 Å². The minimum atomic E-state index is -0.911. The van der Waals surface area contributed by atoms with Crippen molar-refractivity contribution in [1.82, 2.24) is 0 Å². The van der Waals surface area contributed by atoms with Gasteiger partial charge in [0.15, 0.2) is 0 Å². The van der Waals surface area contributed by atoms with Crippen molar-refractivity contribution in [1.29, 1.82) is 0 Å². The van der Waals surface area contributed by atoms with Crippen LogP contribution < -0.4 is 5.32 Å². The molecule has 2 aliphatic rings. The molecule has 2 N–H and O–H groups in total. The van der Waals surface area contributed by atoms with Gasteiger partial charge in [0.05, 0.1) is 17.5 Å². The molecule has 20 heavy (non-hydrogen) atoms. The van der Waals surface area contributed by atoms with Gasteiger partial charge in [-0.15, -0.1) is 0 Å². The van der Waals surface area contributed by atoms with Crippen LogP contribution in [0.5, 0.6) is 0 Å². The topological polar surface area (TPSA) is 66.4 Å². The number of halogens is 1. The van der Waals surface area contributed by atoms with Crippen LogP contribution in [0, 0.1) is 29.5 Å². The van der Waals surface area contributed by atoms with Gasteiger partial charge < -0.3 is 10.4 Å². The van der Waals surface area contributed by atoms with Crippen LogP contribution >= 0.6 is 0 Å². The smallest absolute Gasteiger partial charge is 0.307 e. The number of para-hydroxylation sites is 1. The number of carbonyl (C=O) groups excluding carboxylic acids is 1. The number of fused-ring (bicyclic) bond motifs is 2.